The molecule has 0 aliphatic carbocycles. The van der Waals surface area contributed by atoms with Crippen LogP contribution in [0.25, 0.3) is 0 Å². The van der Waals surface area contributed by atoms with Crippen LogP contribution in [0, 0.1) is 13.8 Å². The predicted molar refractivity (Wildman–Crippen MR) is 76.4 cm³/mol. The van der Waals surface area contributed by atoms with Crippen molar-refractivity contribution >= 4 is 21.7 Å². The molecule has 3 rings (SSSR count). The summed E-state index contributed by atoms with van der Waals surface area (Å²) < 4.78 is 6.47. The van der Waals surface area contributed by atoms with Gasteiger partial charge in [0.05, 0.1) is 6.10 Å². The van der Waals surface area contributed by atoms with Gasteiger partial charge in [0.25, 0.3) is 0 Å². The molecular formula is C13H15BrN4O2. The number of hydrogen-bond donors (Lipinski definition) is 1. The molecule has 1 fully saturated rings. The van der Waals surface area contributed by atoms with Crippen LogP contribution >= 0.6 is 15.9 Å². The van der Waals surface area contributed by atoms with Gasteiger partial charge in [0.1, 0.15) is 11.9 Å². The molecule has 0 unspecified atom stereocenters. The van der Waals surface area contributed by atoms with Crippen molar-refractivity contribution in [3.05, 3.63) is 34.1 Å². The number of aliphatic hydroxyl groups is 1. The zero-order valence-electron chi connectivity index (χ0n) is 11.2. The van der Waals surface area contributed by atoms with Gasteiger partial charge in [-0.2, -0.15) is 0 Å². The minimum atomic E-state index is -0.419. The van der Waals surface area contributed by atoms with E-state index in [-0.39, 0.29) is 6.04 Å². The van der Waals surface area contributed by atoms with Crippen LogP contribution in [0.2, 0.25) is 0 Å². The van der Waals surface area contributed by atoms with Crippen molar-refractivity contribution in [2.24, 2.45) is 0 Å². The molecule has 0 radical (unpaired) electrons. The Morgan fingerprint density at radius 3 is 2.85 bits per heavy atom. The van der Waals surface area contributed by atoms with Crippen LogP contribution < -0.4 is 4.90 Å². The molecule has 1 aliphatic rings. The summed E-state index contributed by atoms with van der Waals surface area (Å²) >= 11 is 3.44. The molecule has 2 aromatic heterocycles. The van der Waals surface area contributed by atoms with Crippen molar-refractivity contribution in [3.8, 4) is 0 Å². The number of nitrogens with zero attached hydrogens (tertiary/aromatic N) is 4. The number of aliphatic hydroxyl groups excluding tert-OH is 1. The molecule has 0 spiro atoms. The fourth-order valence-electron chi connectivity index (χ4n) is 2.43. The molecule has 3 heterocycles. The summed E-state index contributed by atoms with van der Waals surface area (Å²) in [4.78, 5) is 6.43. The number of hydrogen-bond acceptors (Lipinski definition) is 6. The number of rotatable bonds is 2. The van der Waals surface area contributed by atoms with Crippen molar-refractivity contribution in [3.63, 3.8) is 0 Å². The molecule has 2 aromatic rings. The number of β-amino-alcohol motifs (C(OH)–C–C–N with tert-alkyl or cyclic N) is 1. The van der Waals surface area contributed by atoms with Gasteiger partial charge in [-0.15, -0.1) is 10.2 Å². The van der Waals surface area contributed by atoms with Gasteiger partial charge in [0, 0.05) is 30.6 Å². The Labute approximate surface area is 125 Å². The molecule has 0 amide bonds. The molecule has 0 aromatic carbocycles. The lowest BCUT2D eigenvalue weighted by molar-refractivity contribution is 0.192. The predicted octanol–water partition coefficient (Wildman–Crippen LogP) is 2.16. The highest BCUT2D eigenvalue weighted by molar-refractivity contribution is 9.10. The lowest BCUT2D eigenvalue weighted by Gasteiger charge is -2.23. The molecule has 6 nitrogen and oxygen atoms in total. The van der Waals surface area contributed by atoms with Crippen LogP contribution in [0.1, 0.15) is 29.8 Å². The number of pyridine rings is 1. The summed E-state index contributed by atoms with van der Waals surface area (Å²) in [5.74, 6) is 1.87. The molecule has 0 bridgehead atoms. The first kappa shape index (κ1) is 13.5. The molecule has 2 atom stereocenters. The lowest BCUT2D eigenvalue weighted by atomic mass is 10.2. The van der Waals surface area contributed by atoms with Crippen LogP contribution in [0.5, 0.6) is 0 Å². The maximum absolute atomic E-state index is 9.95. The van der Waals surface area contributed by atoms with Crippen LogP contribution in [-0.2, 0) is 0 Å². The minimum absolute atomic E-state index is 0.126. The maximum atomic E-state index is 9.95. The summed E-state index contributed by atoms with van der Waals surface area (Å²) in [5, 5.41) is 17.9. The van der Waals surface area contributed by atoms with Gasteiger partial charge in [0.15, 0.2) is 0 Å². The van der Waals surface area contributed by atoms with E-state index in [1.54, 1.807) is 13.1 Å². The Morgan fingerprint density at radius 1 is 1.40 bits per heavy atom. The van der Waals surface area contributed by atoms with E-state index in [0.717, 1.165) is 15.9 Å². The first-order valence-corrected chi connectivity index (χ1v) is 7.20. The van der Waals surface area contributed by atoms with Gasteiger partial charge in [-0.3, -0.25) is 0 Å². The average molecular weight is 339 g/mol. The molecule has 0 saturated carbocycles. The first-order chi connectivity index (χ1) is 9.54. The van der Waals surface area contributed by atoms with E-state index in [1.165, 1.54) is 0 Å². The van der Waals surface area contributed by atoms with E-state index in [4.69, 9.17) is 4.42 Å². The molecule has 1 N–H and O–H groups in total. The molecule has 7 heteroatoms. The summed E-state index contributed by atoms with van der Waals surface area (Å²) in [6, 6.07) is 1.86. The van der Waals surface area contributed by atoms with Gasteiger partial charge in [0.2, 0.25) is 11.8 Å². The molecule has 106 valence electrons. The summed E-state index contributed by atoms with van der Waals surface area (Å²) in [6.45, 7) is 4.28. The lowest BCUT2D eigenvalue weighted by Crippen LogP contribution is -2.25. The van der Waals surface area contributed by atoms with E-state index in [1.807, 2.05) is 17.9 Å². The Kier molecular flexibility index (Phi) is 3.47. The van der Waals surface area contributed by atoms with Crippen LogP contribution in [0.3, 0.4) is 0 Å². The van der Waals surface area contributed by atoms with Gasteiger partial charge < -0.3 is 14.4 Å². The second-order valence-electron chi connectivity index (χ2n) is 5.01. The quantitative estimate of drug-likeness (QED) is 0.904. The highest BCUT2D eigenvalue weighted by Gasteiger charge is 2.36. The normalized spacial score (nSPS) is 22.5. The summed E-state index contributed by atoms with van der Waals surface area (Å²) in [5.41, 5.74) is 1.09. The zero-order valence-corrected chi connectivity index (χ0v) is 12.8. The van der Waals surface area contributed by atoms with Crippen molar-refractivity contribution in [2.75, 3.05) is 11.4 Å². The number of anilines is 1. The van der Waals surface area contributed by atoms with E-state index in [0.29, 0.717) is 24.7 Å². The van der Waals surface area contributed by atoms with Crippen LogP contribution in [0.15, 0.2) is 21.2 Å². The Morgan fingerprint density at radius 2 is 2.20 bits per heavy atom. The third-order valence-corrected chi connectivity index (χ3v) is 4.26. The van der Waals surface area contributed by atoms with Crippen molar-refractivity contribution in [1.29, 1.82) is 0 Å². The van der Waals surface area contributed by atoms with Gasteiger partial charge >= 0.3 is 0 Å². The second kappa shape index (κ2) is 5.14. The van der Waals surface area contributed by atoms with Gasteiger partial charge in [-0.05, 0) is 34.5 Å². The minimum Gasteiger partial charge on any atom is -0.423 e. The topological polar surface area (TPSA) is 75.3 Å². The number of aryl methyl sites for hydroxylation is 2. The van der Waals surface area contributed by atoms with E-state index in [9.17, 15) is 5.11 Å². The fourth-order valence-corrected chi connectivity index (χ4v) is 2.65. The third-order valence-electron chi connectivity index (χ3n) is 3.43. The van der Waals surface area contributed by atoms with Gasteiger partial charge in [-0.25, -0.2) is 4.98 Å². The average Bonchev–Trinajstić information content (AvgIpc) is 2.99. The molecule has 1 saturated heterocycles. The van der Waals surface area contributed by atoms with E-state index >= 15 is 0 Å². The Balaban J connectivity index is 1.95. The highest BCUT2D eigenvalue weighted by atomic mass is 79.9. The Hall–Kier alpha value is -1.47. The third kappa shape index (κ3) is 2.43. The second-order valence-corrected chi connectivity index (χ2v) is 5.86. The molecule has 1 aliphatic heterocycles. The highest BCUT2D eigenvalue weighted by Crippen LogP contribution is 2.35. The van der Waals surface area contributed by atoms with Crippen molar-refractivity contribution < 1.29 is 9.52 Å². The number of aromatic nitrogens is 3. The van der Waals surface area contributed by atoms with Crippen LogP contribution in [-0.4, -0.2) is 32.9 Å². The SMILES string of the molecule is Cc1nnc([C@H]2C[C@@H](O)CN2c2cc(C)c(Br)cn2)o1. The Bertz CT molecular complexity index is 631. The van der Waals surface area contributed by atoms with E-state index in [2.05, 4.69) is 31.1 Å². The van der Waals surface area contributed by atoms with Crippen molar-refractivity contribution in [2.45, 2.75) is 32.4 Å². The summed E-state index contributed by atoms with van der Waals surface area (Å²) in [6.07, 6.45) is 1.92. The monoisotopic (exact) mass is 338 g/mol. The maximum Gasteiger partial charge on any atom is 0.238 e. The number of halogens is 1. The largest absolute Gasteiger partial charge is 0.423 e. The molecular weight excluding hydrogens is 324 g/mol. The molecule has 20 heavy (non-hydrogen) atoms. The zero-order chi connectivity index (χ0) is 14.3. The first-order valence-electron chi connectivity index (χ1n) is 6.41. The smallest absolute Gasteiger partial charge is 0.238 e. The summed E-state index contributed by atoms with van der Waals surface area (Å²) in [7, 11) is 0. The fraction of sp³-hybridized carbons (Fsp3) is 0.462. The van der Waals surface area contributed by atoms with Gasteiger partial charge in [-0.1, -0.05) is 0 Å². The van der Waals surface area contributed by atoms with Crippen LogP contribution in [0.4, 0.5) is 5.82 Å². The standard InChI is InChI=1S/C13H15BrN4O2/c1-7-3-12(15-5-10(7)14)18-6-9(19)4-11(18)13-17-16-8(2)20-13/h3,5,9,11,19H,4,6H2,1-2H3/t9-,11-/m1/s1. The van der Waals surface area contributed by atoms with Crippen molar-refractivity contribution in [1.82, 2.24) is 15.2 Å². The van der Waals surface area contributed by atoms with E-state index < -0.39 is 6.10 Å².